The minimum absolute atomic E-state index is 0.355. The SMILES string of the molecule is CCCCCSC(C)CC(C)(C#N)NCC. The molecule has 0 bridgehead atoms. The summed E-state index contributed by atoms with van der Waals surface area (Å²) in [5, 5.41) is 13.0. The molecule has 0 heterocycles. The molecule has 0 rings (SSSR count). The van der Waals surface area contributed by atoms with Crippen molar-refractivity contribution in [2.45, 2.75) is 64.2 Å². The van der Waals surface area contributed by atoms with Gasteiger partial charge < -0.3 is 0 Å². The Morgan fingerprint density at radius 2 is 2.06 bits per heavy atom. The maximum Gasteiger partial charge on any atom is 0.104 e. The van der Waals surface area contributed by atoms with Crippen LogP contribution in [0.3, 0.4) is 0 Å². The van der Waals surface area contributed by atoms with E-state index in [2.05, 4.69) is 32.2 Å². The van der Waals surface area contributed by atoms with Gasteiger partial charge >= 0.3 is 0 Å². The van der Waals surface area contributed by atoms with E-state index in [0.29, 0.717) is 5.25 Å². The van der Waals surface area contributed by atoms with Crippen LogP contribution in [0.2, 0.25) is 0 Å². The van der Waals surface area contributed by atoms with Gasteiger partial charge in [-0.15, -0.1) is 0 Å². The van der Waals surface area contributed by atoms with Crippen molar-refractivity contribution < 1.29 is 0 Å². The Labute approximate surface area is 105 Å². The molecule has 0 aromatic carbocycles. The summed E-state index contributed by atoms with van der Waals surface area (Å²) in [6.07, 6.45) is 4.83. The summed E-state index contributed by atoms with van der Waals surface area (Å²) in [7, 11) is 0. The molecule has 0 aliphatic carbocycles. The molecule has 0 saturated carbocycles. The number of thioether (sulfide) groups is 1. The Bertz CT molecular complexity index is 212. The lowest BCUT2D eigenvalue weighted by Gasteiger charge is -2.25. The molecule has 0 aliphatic rings. The maximum atomic E-state index is 9.15. The van der Waals surface area contributed by atoms with Gasteiger partial charge in [-0.3, -0.25) is 5.32 Å². The Morgan fingerprint density at radius 1 is 1.38 bits per heavy atom. The molecule has 0 spiro atoms. The zero-order valence-corrected chi connectivity index (χ0v) is 12.0. The van der Waals surface area contributed by atoms with Crippen LogP contribution in [0.1, 0.15) is 53.4 Å². The van der Waals surface area contributed by atoms with E-state index in [1.54, 1.807) is 0 Å². The monoisotopic (exact) mass is 242 g/mol. The second-order valence-corrected chi connectivity index (χ2v) is 6.11. The Kier molecular flexibility index (Phi) is 8.78. The van der Waals surface area contributed by atoms with Gasteiger partial charge in [0.2, 0.25) is 0 Å². The molecule has 0 aliphatic heterocycles. The second-order valence-electron chi connectivity index (χ2n) is 4.57. The molecular formula is C13H26N2S. The third-order valence-corrected chi connectivity index (χ3v) is 3.92. The highest BCUT2D eigenvalue weighted by Gasteiger charge is 2.24. The number of hydrogen-bond acceptors (Lipinski definition) is 3. The zero-order valence-electron chi connectivity index (χ0n) is 11.2. The lowest BCUT2D eigenvalue weighted by Crippen LogP contribution is -2.42. The fourth-order valence-corrected chi connectivity index (χ4v) is 3.04. The van der Waals surface area contributed by atoms with E-state index in [-0.39, 0.29) is 5.54 Å². The third kappa shape index (κ3) is 7.14. The summed E-state index contributed by atoms with van der Waals surface area (Å²) in [6.45, 7) is 9.36. The van der Waals surface area contributed by atoms with E-state index in [1.165, 1.54) is 25.0 Å². The van der Waals surface area contributed by atoms with E-state index < -0.39 is 0 Å². The molecular weight excluding hydrogens is 216 g/mol. The lowest BCUT2D eigenvalue weighted by molar-refractivity contribution is 0.429. The minimum atomic E-state index is -0.355. The van der Waals surface area contributed by atoms with Crippen LogP contribution in [-0.2, 0) is 0 Å². The van der Waals surface area contributed by atoms with Crippen molar-refractivity contribution in [1.82, 2.24) is 5.32 Å². The van der Waals surface area contributed by atoms with E-state index >= 15 is 0 Å². The first-order chi connectivity index (χ1) is 7.58. The highest BCUT2D eigenvalue weighted by atomic mass is 32.2. The van der Waals surface area contributed by atoms with E-state index in [9.17, 15) is 0 Å². The molecule has 0 aromatic rings. The molecule has 2 unspecified atom stereocenters. The second kappa shape index (κ2) is 8.90. The van der Waals surface area contributed by atoms with Crippen molar-refractivity contribution in [3.05, 3.63) is 0 Å². The van der Waals surface area contributed by atoms with Gasteiger partial charge in [-0.1, -0.05) is 33.6 Å². The van der Waals surface area contributed by atoms with Gasteiger partial charge in [0.1, 0.15) is 5.54 Å². The third-order valence-electron chi connectivity index (χ3n) is 2.66. The van der Waals surface area contributed by atoms with Crippen LogP contribution in [0.15, 0.2) is 0 Å². The van der Waals surface area contributed by atoms with Crippen molar-refractivity contribution in [2.24, 2.45) is 0 Å². The smallest absolute Gasteiger partial charge is 0.104 e. The van der Waals surface area contributed by atoms with Crippen LogP contribution in [0, 0.1) is 11.3 Å². The number of unbranched alkanes of at least 4 members (excludes halogenated alkanes) is 2. The quantitative estimate of drug-likeness (QED) is 0.628. The first-order valence-electron chi connectivity index (χ1n) is 6.35. The first-order valence-corrected chi connectivity index (χ1v) is 7.40. The zero-order chi connectivity index (χ0) is 12.4. The fraction of sp³-hybridized carbons (Fsp3) is 0.923. The molecule has 94 valence electrons. The number of nitriles is 1. The molecule has 2 nitrogen and oxygen atoms in total. The summed E-state index contributed by atoms with van der Waals surface area (Å²) in [6, 6.07) is 2.39. The lowest BCUT2D eigenvalue weighted by atomic mass is 9.98. The van der Waals surface area contributed by atoms with Crippen molar-refractivity contribution in [3.63, 3.8) is 0 Å². The number of nitrogens with zero attached hydrogens (tertiary/aromatic N) is 1. The van der Waals surface area contributed by atoms with E-state index in [4.69, 9.17) is 5.26 Å². The number of hydrogen-bond donors (Lipinski definition) is 1. The molecule has 0 saturated heterocycles. The Morgan fingerprint density at radius 3 is 2.56 bits per heavy atom. The summed E-state index contributed by atoms with van der Waals surface area (Å²) >= 11 is 1.99. The summed E-state index contributed by atoms with van der Waals surface area (Å²) in [4.78, 5) is 0. The molecule has 2 atom stereocenters. The van der Waals surface area contributed by atoms with Gasteiger partial charge in [-0.25, -0.2) is 0 Å². The molecule has 0 radical (unpaired) electrons. The molecule has 3 heteroatoms. The average Bonchev–Trinajstić information content (AvgIpc) is 2.25. The van der Waals surface area contributed by atoms with Gasteiger partial charge in [-0.2, -0.15) is 17.0 Å². The number of rotatable bonds is 9. The van der Waals surface area contributed by atoms with Crippen LogP contribution in [0.5, 0.6) is 0 Å². The van der Waals surface area contributed by atoms with Crippen LogP contribution in [-0.4, -0.2) is 23.1 Å². The standard InChI is InChI=1S/C13H26N2S/c1-5-7-8-9-16-12(3)10-13(4,11-14)15-6-2/h12,15H,5-10H2,1-4H3. The predicted octanol–water partition coefficient (Wildman–Crippen LogP) is 3.58. The van der Waals surface area contributed by atoms with Crippen molar-refractivity contribution in [3.8, 4) is 6.07 Å². The van der Waals surface area contributed by atoms with Gasteiger partial charge in [0.15, 0.2) is 0 Å². The van der Waals surface area contributed by atoms with Gasteiger partial charge in [0, 0.05) is 5.25 Å². The van der Waals surface area contributed by atoms with Crippen LogP contribution < -0.4 is 5.32 Å². The summed E-state index contributed by atoms with van der Waals surface area (Å²) in [5.74, 6) is 1.22. The summed E-state index contributed by atoms with van der Waals surface area (Å²) in [5.41, 5.74) is -0.355. The van der Waals surface area contributed by atoms with Gasteiger partial charge in [-0.05, 0) is 32.1 Å². The van der Waals surface area contributed by atoms with Crippen LogP contribution in [0.4, 0.5) is 0 Å². The normalized spacial score (nSPS) is 16.4. The Hall–Kier alpha value is -0.200. The van der Waals surface area contributed by atoms with Gasteiger partial charge in [0.25, 0.3) is 0 Å². The molecule has 1 N–H and O–H groups in total. The van der Waals surface area contributed by atoms with Crippen molar-refractivity contribution >= 4 is 11.8 Å². The average molecular weight is 242 g/mol. The molecule has 0 amide bonds. The highest BCUT2D eigenvalue weighted by molar-refractivity contribution is 7.99. The molecule has 0 aromatic heterocycles. The van der Waals surface area contributed by atoms with E-state index in [0.717, 1.165) is 13.0 Å². The molecule has 16 heavy (non-hydrogen) atoms. The predicted molar refractivity (Wildman–Crippen MR) is 73.8 cm³/mol. The Balaban J connectivity index is 3.83. The maximum absolute atomic E-state index is 9.15. The summed E-state index contributed by atoms with van der Waals surface area (Å²) < 4.78 is 0. The highest BCUT2D eigenvalue weighted by Crippen LogP contribution is 2.22. The van der Waals surface area contributed by atoms with Crippen LogP contribution in [0.25, 0.3) is 0 Å². The first kappa shape index (κ1) is 15.8. The largest absolute Gasteiger partial charge is 0.300 e. The van der Waals surface area contributed by atoms with Crippen molar-refractivity contribution in [2.75, 3.05) is 12.3 Å². The van der Waals surface area contributed by atoms with Crippen LogP contribution >= 0.6 is 11.8 Å². The van der Waals surface area contributed by atoms with E-state index in [1.807, 2.05) is 18.7 Å². The number of nitrogens with one attached hydrogen (secondary N) is 1. The fourth-order valence-electron chi connectivity index (χ4n) is 1.82. The van der Waals surface area contributed by atoms with Gasteiger partial charge in [0.05, 0.1) is 6.07 Å². The van der Waals surface area contributed by atoms with Crippen molar-refractivity contribution in [1.29, 1.82) is 5.26 Å². The topological polar surface area (TPSA) is 35.8 Å². The minimum Gasteiger partial charge on any atom is -0.300 e. The molecule has 0 fully saturated rings.